The number of carbonyl (C=O) groups excluding carboxylic acids is 1. The Morgan fingerprint density at radius 2 is 1.91 bits per heavy atom. The van der Waals surface area contributed by atoms with Gasteiger partial charge >= 0.3 is 0 Å². The van der Waals surface area contributed by atoms with Gasteiger partial charge in [0.2, 0.25) is 0 Å². The number of nitrogens with zero attached hydrogens (tertiary/aromatic N) is 3. The minimum atomic E-state index is -0.568. The van der Waals surface area contributed by atoms with Crippen LogP contribution < -0.4 is 5.32 Å². The van der Waals surface area contributed by atoms with E-state index in [9.17, 15) is 9.18 Å². The molecule has 1 amide bonds. The minimum Gasteiger partial charge on any atom is -0.463 e. The number of amides is 1. The summed E-state index contributed by atoms with van der Waals surface area (Å²) in [6.07, 6.45) is 5.03. The molecule has 1 atom stereocenters. The van der Waals surface area contributed by atoms with Gasteiger partial charge < -0.3 is 14.3 Å². The standard InChI is InChI=1S/C25H19FN4O2/c1-30-13-12-27-24(30)23(16-8-10-17(26)11-9-16)29-25(31)19-15-21(22-7-4-14-32-22)28-20-6-3-2-5-18(19)20/h2-15,23H,1H3,(H,29,31). The van der Waals surface area contributed by atoms with Gasteiger partial charge in [0.1, 0.15) is 23.4 Å². The monoisotopic (exact) mass is 426 g/mol. The van der Waals surface area contributed by atoms with Crippen LogP contribution in [0.25, 0.3) is 22.4 Å². The Labute approximate surface area is 183 Å². The van der Waals surface area contributed by atoms with E-state index in [1.807, 2.05) is 35.9 Å². The van der Waals surface area contributed by atoms with Crippen LogP contribution in [0.15, 0.2) is 89.8 Å². The molecule has 32 heavy (non-hydrogen) atoms. The molecule has 0 saturated heterocycles. The van der Waals surface area contributed by atoms with Crippen molar-refractivity contribution >= 4 is 16.8 Å². The molecule has 3 heterocycles. The number of aromatic nitrogens is 3. The number of aryl methyl sites for hydroxylation is 1. The summed E-state index contributed by atoms with van der Waals surface area (Å²) in [7, 11) is 1.85. The number of hydrogen-bond donors (Lipinski definition) is 1. The van der Waals surface area contributed by atoms with Crippen molar-refractivity contribution in [3.8, 4) is 11.5 Å². The lowest BCUT2D eigenvalue weighted by Crippen LogP contribution is -2.31. The molecule has 2 aromatic carbocycles. The second kappa shape index (κ2) is 8.11. The highest BCUT2D eigenvalue weighted by atomic mass is 19.1. The van der Waals surface area contributed by atoms with Crippen LogP contribution in [0.1, 0.15) is 27.8 Å². The van der Waals surface area contributed by atoms with Crippen LogP contribution in [0.2, 0.25) is 0 Å². The number of rotatable bonds is 5. The average molecular weight is 426 g/mol. The molecule has 3 aromatic heterocycles. The van der Waals surface area contributed by atoms with Gasteiger partial charge in [0.25, 0.3) is 5.91 Å². The molecule has 1 N–H and O–H groups in total. The molecular weight excluding hydrogens is 407 g/mol. The van der Waals surface area contributed by atoms with Gasteiger partial charge in [0.05, 0.1) is 17.3 Å². The van der Waals surface area contributed by atoms with Crippen molar-refractivity contribution in [3.63, 3.8) is 0 Å². The first kappa shape index (κ1) is 19.7. The van der Waals surface area contributed by atoms with Crippen molar-refractivity contribution in [1.82, 2.24) is 19.9 Å². The van der Waals surface area contributed by atoms with E-state index in [0.29, 0.717) is 28.4 Å². The Bertz CT molecular complexity index is 1390. The number of para-hydroxylation sites is 1. The van der Waals surface area contributed by atoms with E-state index in [2.05, 4.69) is 15.3 Å². The minimum absolute atomic E-state index is 0.297. The first-order chi connectivity index (χ1) is 15.6. The maximum atomic E-state index is 13.6. The summed E-state index contributed by atoms with van der Waals surface area (Å²) in [4.78, 5) is 22.6. The van der Waals surface area contributed by atoms with Gasteiger partial charge in [-0.3, -0.25) is 4.79 Å². The number of halogens is 1. The van der Waals surface area contributed by atoms with Crippen molar-refractivity contribution < 1.29 is 13.6 Å². The molecule has 0 aliphatic heterocycles. The third-order valence-corrected chi connectivity index (χ3v) is 5.33. The molecule has 7 heteroatoms. The predicted octanol–water partition coefficient (Wildman–Crippen LogP) is 4.89. The molecular formula is C25H19FN4O2. The van der Waals surface area contributed by atoms with Crippen LogP contribution in [0.4, 0.5) is 4.39 Å². The third-order valence-electron chi connectivity index (χ3n) is 5.33. The Hall–Kier alpha value is -4.26. The lowest BCUT2D eigenvalue weighted by atomic mass is 10.0. The lowest BCUT2D eigenvalue weighted by Gasteiger charge is -2.20. The van der Waals surface area contributed by atoms with Crippen molar-refractivity contribution in [3.05, 3.63) is 108 Å². The van der Waals surface area contributed by atoms with Gasteiger partial charge in [-0.15, -0.1) is 0 Å². The normalized spacial score (nSPS) is 12.1. The van der Waals surface area contributed by atoms with Crippen LogP contribution in [0.3, 0.4) is 0 Å². The van der Waals surface area contributed by atoms with Crippen LogP contribution in [-0.4, -0.2) is 20.4 Å². The summed E-state index contributed by atoms with van der Waals surface area (Å²) < 4.78 is 20.9. The number of hydrogen-bond acceptors (Lipinski definition) is 4. The second-order valence-corrected chi connectivity index (χ2v) is 7.40. The largest absolute Gasteiger partial charge is 0.463 e. The fourth-order valence-corrected chi connectivity index (χ4v) is 3.73. The van der Waals surface area contributed by atoms with Gasteiger partial charge in [0, 0.05) is 24.8 Å². The Morgan fingerprint density at radius 3 is 2.62 bits per heavy atom. The smallest absolute Gasteiger partial charge is 0.252 e. The zero-order chi connectivity index (χ0) is 22.1. The van der Waals surface area contributed by atoms with Crippen molar-refractivity contribution in [1.29, 1.82) is 0 Å². The highest BCUT2D eigenvalue weighted by molar-refractivity contribution is 6.07. The van der Waals surface area contributed by atoms with Gasteiger partial charge in [-0.25, -0.2) is 14.4 Å². The molecule has 0 bridgehead atoms. The molecule has 1 unspecified atom stereocenters. The maximum absolute atomic E-state index is 13.6. The van der Waals surface area contributed by atoms with Gasteiger partial charge in [-0.2, -0.15) is 0 Å². The molecule has 0 spiro atoms. The summed E-state index contributed by atoms with van der Waals surface area (Å²) in [6, 6.07) is 18.2. The molecule has 158 valence electrons. The van der Waals surface area contributed by atoms with Crippen molar-refractivity contribution in [2.45, 2.75) is 6.04 Å². The molecule has 0 fully saturated rings. The van der Waals surface area contributed by atoms with E-state index in [-0.39, 0.29) is 11.7 Å². The van der Waals surface area contributed by atoms with Gasteiger partial charge in [-0.1, -0.05) is 30.3 Å². The number of nitrogens with one attached hydrogen (secondary N) is 1. The highest BCUT2D eigenvalue weighted by Crippen LogP contribution is 2.27. The number of benzene rings is 2. The molecule has 0 saturated carbocycles. The van der Waals surface area contributed by atoms with Crippen molar-refractivity contribution in [2.75, 3.05) is 0 Å². The SMILES string of the molecule is Cn1ccnc1C(NC(=O)c1cc(-c2ccco2)nc2ccccc12)c1ccc(F)cc1. The molecule has 0 radical (unpaired) electrons. The summed E-state index contributed by atoms with van der Waals surface area (Å²) >= 11 is 0. The summed E-state index contributed by atoms with van der Waals surface area (Å²) in [5, 5.41) is 3.79. The number of pyridine rings is 1. The molecule has 5 aromatic rings. The maximum Gasteiger partial charge on any atom is 0.252 e. The second-order valence-electron chi connectivity index (χ2n) is 7.40. The molecule has 6 nitrogen and oxygen atoms in total. The van der Waals surface area contributed by atoms with E-state index < -0.39 is 6.04 Å². The van der Waals surface area contributed by atoms with E-state index in [1.165, 1.54) is 12.1 Å². The molecule has 5 rings (SSSR count). The van der Waals surface area contributed by atoms with Crippen LogP contribution in [0.5, 0.6) is 0 Å². The number of furan rings is 1. The average Bonchev–Trinajstić information content (AvgIpc) is 3.49. The van der Waals surface area contributed by atoms with E-state index in [1.54, 1.807) is 49.0 Å². The lowest BCUT2D eigenvalue weighted by molar-refractivity contribution is 0.0943. The number of fused-ring (bicyclic) bond motifs is 1. The highest BCUT2D eigenvalue weighted by Gasteiger charge is 2.23. The number of carbonyl (C=O) groups is 1. The van der Waals surface area contributed by atoms with Crippen LogP contribution in [0, 0.1) is 5.82 Å². The Morgan fingerprint density at radius 1 is 1.09 bits per heavy atom. The van der Waals surface area contributed by atoms with E-state index in [0.717, 1.165) is 10.9 Å². The van der Waals surface area contributed by atoms with Gasteiger partial charge in [-0.05, 0) is 42.0 Å². The predicted molar refractivity (Wildman–Crippen MR) is 118 cm³/mol. The third kappa shape index (κ3) is 3.65. The zero-order valence-corrected chi connectivity index (χ0v) is 17.2. The fraction of sp³-hybridized carbons (Fsp3) is 0.0800. The van der Waals surface area contributed by atoms with Gasteiger partial charge in [0.15, 0.2) is 5.76 Å². The summed E-state index contributed by atoms with van der Waals surface area (Å²) in [5.41, 5.74) is 2.43. The van der Waals surface area contributed by atoms with E-state index >= 15 is 0 Å². The summed E-state index contributed by atoms with van der Waals surface area (Å²) in [5.74, 6) is 0.564. The van der Waals surface area contributed by atoms with E-state index in [4.69, 9.17) is 4.42 Å². The summed E-state index contributed by atoms with van der Waals surface area (Å²) in [6.45, 7) is 0. The quantitative estimate of drug-likeness (QED) is 0.434. The first-order valence-electron chi connectivity index (χ1n) is 10.1. The van der Waals surface area contributed by atoms with Crippen LogP contribution >= 0.6 is 0 Å². The fourth-order valence-electron chi connectivity index (χ4n) is 3.73. The molecule has 0 aliphatic rings. The Balaban J connectivity index is 1.59. The number of imidazole rings is 1. The Kier molecular flexibility index (Phi) is 4.99. The van der Waals surface area contributed by atoms with Crippen LogP contribution in [-0.2, 0) is 7.05 Å². The topological polar surface area (TPSA) is 73.0 Å². The first-order valence-corrected chi connectivity index (χ1v) is 10.1. The van der Waals surface area contributed by atoms with Crippen molar-refractivity contribution in [2.24, 2.45) is 7.05 Å². The molecule has 0 aliphatic carbocycles. The zero-order valence-electron chi connectivity index (χ0n) is 17.2.